The molecule has 1 aromatic carbocycles. The number of anilines is 1. The maximum absolute atomic E-state index is 11.7. The Hall–Kier alpha value is -1.88. The molecule has 2 amide bonds. The van der Waals surface area contributed by atoms with E-state index in [9.17, 15) is 9.59 Å². The molecule has 0 heterocycles. The van der Waals surface area contributed by atoms with E-state index in [4.69, 9.17) is 5.21 Å². The van der Waals surface area contributed by atoms with Gasteiger partial charge in [0, 0.05) is 18.5 Å². The average molecular weight is 278 g/mol. The molecular formula is C15H22N2O3. The van der Waals surface area contributed by atoms with Crippen LogP contribution < -0.4 is 10.8 Å². The predicted octanol–water partition coefficient (Wildman–Crippen LogP) is 2.72. The van der Waals surface area contributed by atoms with Gasteiger partial charge in [-0.3, -0.25) is 14.8 Å². The Kier molecular flexibility index (Phi) is 7.35. The SMILES string of the molecule is CC(CCCC(=O)NO)CCC(=O)Nc1ccccc1. The molecule has 5 heteroatoms. The zero-order valence-electron chi connectivity index (χ0n) is 11.8. The molecule has 1 atom stereocenters. The Labute approximate surface area is 119 Å². The fraction of sp³-hybridized carbons (Fsp3) is 0.467. The molecule has 1 rings (SSSR count). The highest BCUT2D eigenvalue weighted by Crippen LogP contribution is 2.15. The van der Waals surface area contributed by atoms with E-state index in [0.29, 0.717) is 25.2 Å². The molecule has 5 nitrogen and oxygen atoms in total. The number of hydrogen-bond donors (Lipinski definition) is 3. The molecule has 20 heavy (non-hydrogen) atoms. The summed E-state index contributed by atoms with van der Waals surface area (Å²) in [4.78, 5) is 22.6. The van der Waals surface area contributed by atoms with Crippen molar-refractivity contribution in [3.05, 3.63) is 30.3 Å². The number of amides is 2. The highest BCUT2D eigenvalue weighted by Gasteiger charge is 2.08. The molecule has 0 spiro atoms. The van der Waals surface area contributed by atoms with E-state index in [-0.39, 0.29) is 11.8 Å². The van der Waals surface area contributed by atoms with Gasteiger partial charge in [-0.1, -0.05) is 31.5 Å². The third-order valence-electron chi connectivity index (χ3n) is 3.15. The van der Waals surface area contributed by atoms with Crippen LogP contribution in [-0.2, 0) is 9.59 Å². The fourth-order valence-electron chi connectivity index (χ4n) is 1.93. The highest BCUT2D eigenvalue weighted by molar-refractivity contribution is 5.90. The quantitative estimate of drug-likeness (QED) is 0.505. The Morgan fingerprint density at radius 1 is 1.10 bits per heavy atom. The second kappa shape index (κ2) is 9.09. The fourth-order valence-corrected chi connectivity index (χ4v) is 1.93. The van der Waals surface area contributed by atoms with Gasteiger partial charge in [0.15, 0.2) is 0 Å². The van der Waals surface area contributed by atoms with Gasteiger partial charge in [-0.05, 0) is 30.9 Å². The topological polar surface area (TPSA) is 78.4 Å². The van der Waals surface area contributed by atoms with Crippen LogP contribution in [-0.4, -0.2) is 17.0 Å². The standard InChI is InChI=1S/C15H22N2O3/c1-12(6-5-9-15(19)17-20)10-11-14(18)16-13-7-3-2-4-8-13/h2-4,7-8,12,20H,5-6,9-11H2,1H3,(H,16,18)(H,17,19). The number of hydroxylamine groups is 1. The number of para-hydroxylation sites is 1. The van der Waals surface area contributed by atoms with E-state index < -0.39 is 0 Å². The van der Waals surface area contributed by atoms with Gasteiger partial charge in [-0.25, -0.2) is 5.48 Å². The van der Waals surface area contributed by atoms with E-state index in [1.807, 2.05) is 30.3 Å². The third kappa shape index (κ3) is 6.89. The van der Waals surface area contributed by atoms with Gasteiger partial charge in [-0.15, -0.1) is 0 Å². The minimum atomic E-state index is -0.362. The second-order valence-electron chi connectivity index (χ2n) is 4.99. The van der Waals surface area contributed by atoms with Gasteiger partial charge >= 0.3 is 0 Å². The number of benzene rings is 1. The molecule has 0 saturated heterocycles. The molecule has 0 aliphatic rings. The molecule has 0 fully saturated rings. The predicted molar refractivity (Wildman–Crippen MR) is 77.2 cm³/mol. The van der Waals surface area contributed by atoms with Crippen molar-refractivity contribution in [2.24, 2.45) is 5.92 Å². The number of carbonyl (C=O) groups excluding carboxylic acids is 2. The van der Waals surface area contributed by atoms with Gasteiger partial charge in [0.1, 0.15) is 0 Å². The van der Waals surface area contributed by atoms with E-state index >= 15 is 0 Å². The van der Waals surface area contributed by atoms with Crippen molar-refractivity contribution in [1.82, 2.24) is 5.48 Å². The molecule has 0 radical (unpaired) electrons. The molecule has 1 aromatic rings. The number of hydrogen-bond acceptors (Lipinski definition) is 3. The summed E-state index contributed by atoms with van der Waals surface area (Å²) in [5, 5.41) is 11.2. The van der Waals surface area contributed by atoms with E-state index in [1.165, 1.54) is 0 Å². The van der Waals surface area contributed by atoms with Gasteiger partial charge in [0.2, 0.25) is 11.8 Å². The first-order valence-electron chi connectivity index (χ1n) is 6.89. The molecule has 0 bridgehead atoms. The summed E-state index contributed by atoms with van der Waals surface area (Å²) in [7, 11) is 0. The van der Waals surface area contributed by atoms with Crippen LogP contribution >= 0.6 is 0 Å². The van der Waals surface area contributed by atoms with Gasteiger partial charge in [0.25, 0.3) is 0 Å². The van der Waals surface area contributed by atoms with E-state index in [0.717, 1.165) is 18.5 Å². The van der Waals surface area contributed by atoms with Crippen LogP contribution in [0.3, 0.4) is 0 Å². The molecule has 3 N–H and O–H groups in total. The van der Waals surface area contributed by atoms with Crippen LogP contribution in [0.15, 0.2) is 30.3 Å². The normalized spacial score (nSPS) is 11.7. The largest absolute Gasteiger partial charge is 0.326 e. The van der Waals surface area contributed by atoms with Gasteiger partial charge in [-0.2, -0.15) is 0 Å². The van der Waals surface area contributed by atoms with Crippen molar-refractivity contribution in [1.29, 1.82) is 0 Å². The number of rotatable bonds is 8. The first kappa shape index (κ1) is 16.2. The molecule has 0 saturated carbocycles. The highest BCUT2D eigenvalue weighted by atomic mass is 16.5. The van der Waals surface area contributed by atoms with Crippen LogP contribution in [0.25, 0.3) is 0 Å². The lowest BCUT2D eigenvalue weighted by atomic mass is 9.98. The monoisotopic (exact) mass is 278 g/mol. The molecule has 0 aliphatic carbocycles. The zero-order chi connectivity index (χ0) is 14.8. The lowest BCUT2D eigenvalue weighted by Gasteiger charge is -2.11. The maximum Gasteiger partial charge on any atom is 0.243 e. The van der Waals surface area contributed by atoms with Gasteiger partial charge in [0.05, 0.1) is 0 Å². The summed E-state index contributed by atoms with van der Waals surface area (Å²) < 4.78 is 0. The van der Waals surface area contributed by atoms with Crippen LogP contribution in [0.2, 0.25) is 0 Å². The zero-order valence-corrected chi connectivity index (χ0v) is 11.8. The third-order valence-corrected chi connectivity index (χ3v) is 3.15. The average Bonchev–Trinajstić information content (AvgIpc) is 2.46. The van der Waals surface area contributed by atoms with Crippen LogP contribution in [0.4, 0.5) is 5.69 Å². The first-order chi connectivity index (χ1) is 9.61. The summed E-state index contributed by atoms with van der Waals surface area (Å²) in [5.41, 5.74) is 2.42. The second-order valence-corrected chi connectivity index (χ2v) is 4.99. The van der Waals surface area contributed by atoms with Crippen molar-refractivity contribution >= 4 is 17.5 Å². The van der Waals surface area contributed by atoms with Crippen molar-refractivity contribution < 1.29 is 14.8 Å². The minimum Gasteiger partial charge on any atom is -0.326 e. The minimum absolute atomic E-state index is 0.0103. The Balaban J connectivity index is 2.15. The summed E-state index contributed by atoms with van der Waals surface area (Å²) in [6.45, 7) is 2.06. The molecule has 1 unspecified atom stereocenters. The Morgan fingerprint density at radius 3 is 2.45 bits per heavy atom. The Bertz CT molecular complexity index is 420. The molecule has 0 aromatic heterocycles. The van der Waals surface area contributed by atoms with Crippen LogP contribution in [0.1, 0.15) is 39.0 Å². The van der Waals surface area contributed by atoms with Crippen LogP contribution in [0, 0.1) is 5.92 Å². The summed E-state index contributed by atoms with van der Waals surface area (Å²) in [6, 6.07) is 9.37. The number of carbonyl (C=O) groups is 2. The smallest absolute Gasteiger partial charge is 0.243 e. The summed E-state index contributed by atoms with van der Waals surface area (Å²) in [5.74, 6) is 0.0261. The van der Waals surface area contributed by atoms with Crippen molar-refractivity contribution in [2.45, 2.75) is 39.0 Å². The van der Waals surface area contributed by atoms with Gasteiger partial charge < -0.3 is 5.32 Å². The van der Waals surface area contributed by atoms with Crippen molar-refractivity contribution in [3.8, 4) is 0 Å². The molecule has 110 valence electrons. The lowest BCUT2D eigenvalue weighted by Crippen LogP contribution is -2.18. The summed E-state index contributed by atoms with van der Waals surface area (Å²) in [6.07, 6.45) is 3.17. The number of nitrogens with one attached hydrogen (secondary N) is 2. The molecule has 0 aliphatic heterocycles. The maximum atomic E-state index is 11.7. The van der Waals surface area contributed by atoms with Crippen molar-refractivity contribution in [2.75, 3.05) is 5.32 Å². The van der Waals surface area contributed by atoms with E-state index in [1.54, 1.807) is 5.48 Å². The first-order valence-corrected chi connectivity index (χ1v) is 6.89. The van der Waals surface area contributed by atoms with Crippen molar-refractivity contribution in [3.63, 3.8) is 0 Å². The van der Waals surface area contributed by atoms with E-state index in [2.05, 4.69) is 12.2 Å². The van der Waals surface area contributed by atoms with Crippen LogP contribution in [0.5, 0.6) is 0 Å². The Morgan fingerprint density at radius 2 is 1.80 bits per heavy atom. The molecular weight excluding hydrogens is 256 g/mol. The lowest BCUT2D eigenvalue weighted by molar-refractivity contribution is -0.129. The summed E-state index contributed by atoms with van der Waals surface area (Å²) >= 11 is 0.